The molecule has 4 aromatic rings. The first-order chi connectivity index (χ1) is 13.3. The van der Waals surface area contributed by atoms with Crippen molar-refractivity contribution >= 4 is 28.7 Å². The van der Waals surface area contributed by atoms with Crippen molar-refractivity contribution in [2.45, 2.75) is 24.8 Å². The zero-order chi connectivity index (χ0) is 18.6. The van der Waals surface area contributed by atoms with Gasteiger partial charge in [0, 0.05) is 23.4 Å². The molecule has 0 aliphatic heterocycles. The molecular formula is C21H20N4OS. The molecule has 1 N–H and O–H groups in total. The monoisotopic (exact) mass is 376 g/mol. The van der Waals surface area contributed by atoms with Gasteiger partial charge in [-0.2, -0.15) is 0 Å². The molecule has 136 valence electrons. The SMILES string of the molecule is CCc1nc(NCc2ccc(SC)cc2)c2onc(-c3ccccc3)c2n1. The van der Waals surface area contributed by atoms with Crippen LogP contribution >= 0.6 is 11.8 Å². The van der Waals surface area contributed by atoms with Gasteiger partial charge in [0.1, 0.15) is 17.0 Å². The van der Waals surface area contributed by atoms with Gasteiger partial charge >= 0.3 is 0 Å². The first kappa shape index (κ1) is 17.5. The summed E-state index contributed by atoms with van der Waals surface area (Å²) in [6.07, 6.45) is 2.82. The van der Waals surface area contributed by atoms with E-state index in [0.29, 0.717) is 17.9 Å². The van der Waals surface area contributed by atoms with E-state index in [-0.39, 0.29) is 0 Å². The van der Waals surface area contributed by atoms with Crippen molar-refractivity contribution in [1.29, 1.82) is 0 Å². The van der Waals surface area contributed by atoms with Gasteiger partial charge in [-0.15, -0.1) is 11.8 Å². The summed E-state index contributed by atoms with van der Waals surface area (Å²) in [5.74, 6) is 1.45. The Hall–Kier alpha value is -2.86. The molecule has 0 radical (unpaired) electrons. The summed E-state index contributed by atoms with van der Waals surface area (Å²) in [6, 6.07) is 18.4. The smallest absolute Gasteiger partial charge is 0.228 e. The number of aromatic nitrogens is 3. The number of aryl methyl sites for hydroxylation is 1. The van der Waals surface area contributed by atoms with E-state index in [1.54, 1.807) is 11.8 Å². The Morgan fingerprint density at radius 2 is 1.78 bits per heavy atom. The summed E-state index contributed by atoms with van der Waals surface area (Å²) < 4.78 is 5.62. The third-order valence-electron chi connectivity index (χ3n) is 4.35. The quantitative estimate of drug-likeness (QED) is 0.468. The van der Waals surface area contributed by atoms with Crippen LogP contribution in [0.5, 0.6) is 0 Å². The van der Waals surface area contributed by atoms with E-state index in [4.69, 9.17) is 4.52 Å². The highest BCUT2D eigenvalue weighted by molar-refractivity contribution is 7.98. The van der Waals surface area contributed by atoms with Crippen molar-refractivity contribution in [3.05, 3.63) is 66.0 Å². The van der Waals surface area contributed by atoms with Crippen LogP contribution in [0.2, 0.25) is 0 Å². The molecule has 0 saturated heterocycles. The van der Waals surface area contributed by atoms with Gasteiger partial charge in [-0.05, 0) is 24.0 Å². The lowest BCUT2D eigenvalue weighted by Crippen LogP contribution is -2.05. The third kappa shape index (κ3) is 3.66. The van der Waals surface area contributed by atoms with E-state index in [9.17, 15) is 0 Å². The Balaban J connectivity index is 1.68. The van der Waals surface area contributed by atoms with Crippen molar-refractivity contribution in [3.63, 3.8) is 0 Å². The molecule has 0 aliphatic rings. The van der Waals surface area contributed by atoms with Crippen molar-refractivity contribution < 1.29 is 4.52 Å². The van der Waals surface area contributed by atoms with E-state index in [1.165, 1.54) is 10.5 Å². The third-order valence-corrected chi connectivity index (χ3v) is 5.09. The predicted octanol–water partition coefficient (Wildman–Crippen LogP) is 5.18. The summed E-state index contributed by atoms with van der Waals surface area (Å²) in [5, 5.41) is 7.65. The summed E-state index contributed by atoms with van der Waals surface area (Å²) >= 11 is 1.74. The number of nitrogens with one attached hydrogen (secondary N) is 1. The topological polar surface area (TPSA) is 63.8 Å². The lowest BCUT2D eigenvalue weighted by Gasteiger charge is -2.08. The highest BCUT2D eigenvalue weighted by Crippen LogP contribution is 2.30. The van der Waals surface area contributed by atoms with Gasteiger partial charge in [0.15, 0.2) is 5.82 Å². The maximum absolute atomic E-state index is 5.62. The molecule has 0 spiro atoms. The van der Waals surface area contributed by atoms with E-state index < -0.39 is 0 Å². The number of nitrogens with zero attached hydrogens (tertiary/aromatic N) is 3. The molecule has 2 aromatic heterocycles. The van der Waals surface area contributed by atoms with Gasteiger partial charge in [-0.1, -0.05) is 54.5 Å². The number of fused-ring (bicyclic) bond motifs is 1. The summed E-state index contributed by atoms with van der Waals surface area (Å²) in [6.45, 7) is 2.70. The van der Waals surface area contributed by atoms with Crippen LogP contribution in [0.15, 0.2) is 64.0 Å². The molecule has 0 fully saturated rings. The number of thioether (sulfide) groups is 1. The van der Waals surface area contributed by atoms with Crippen molar-refractivity contribution in [2.75, 3.05) is 11.6 Å². The van der Waals surface area contributed by atoms with Crippen LogP contribution < -0.4 is 5.32 Å². The molecule has 5 nitrogen and oxygen atoms in total. The molecule has 0 saturated carbocycles. The number of hydrogen-bond acceptors (Lipinski definition) is 6. The van der Waals surface area contributed by atoms with Gasteiger partial charge in [0.25, 0.3) is 0 Å². The maximum Gasteiger partial charge on any atom is 0.228 e. The van der Waals surface area contributed by atoms with E-state index >= 15 is 0 Å². The van der Waals surface area contributed by atoms with Crippen LogP contribution in [0, 0.1) is 0 Å². The Kier molecular flexibility index (Phi) is 5.07. The molecule has 0 atom stereocenters. The molecule has 4 rings (SSSR count). The summed E-state index contributed by atoms with van der Waals surface area (Å²) in [5.41, 5.74) is 4.24. The first-order valence-electron chi connectivity index (χ1n) is 8.87. The molecule has 0 aliphatic carbocycles. The molecular weight excluding hydrogens is 356 g/mol. The molecule has 0 amide bonds. The fourth-order valence-electron chi connectivity index (χ4n) is 2.87. The fourth-order valence-corrected chi connectivity index (χ4v) is 3.28. The van der Waals surface area contributed by atoms with Crippen LogP contribution in [0.1, 0.15) is 18.3 Å². The second kappa shape index (κ2) is 7.80. The molecule has 27 heavy (non-hydrogen) atoms. The molecule has 0 unspecified atom stereocenters. The normalized spacial score (nSPS) is 11.0. The van der Waals surface area contributed by atoms with Crippen LogP contribution in [-0.2, 0) is 13.0 Å². The van der Waals surface area contributed by atoms with Crippen molar-refractivity contribution in [1.82, 2.24) is 15.1 Å². The number of anilines is 1. The minimum Gasteiger partial charge on any atom is -0.363 e. The highest BCUT2D eigenvalue weighted by atomic mass is 32.2. The molecule has 2 aromatic carbocycles. The fraction of sp³-hybridized carbons (Fsp3) is 0.190. The Bertz CT molecular complexity index is 1050. The minimum absolute atomic E-state index is 0.590. The van der Waals surface area contributed by atoms with Crippen LogP contribution in [0.25, 0.3) is 22.4 Å². The number of benzene rings is 2. The standard InChI is InChI=1S/C21H20N4OS/c1-3-17-23-19-18(15-7-5-4-6-8-15)25-26-20(19)21(24-17)22-13-14-9-11-16(27-2)12-10-14/h4-12H,3,13H2,1-2H3,(H,22,23,24). The Morgan fingerprint density at radius 1 is 1.00 bits per heavy atom. The first-order valence-corrected chi connectivity index (χ1v) is 10.1. The van der Waals surface area contributed by atoms with Crippen molar-refractivity contribution in [3.8, 4) is 11.3 Å². The van der Waals surface area contributed by atoms with E-state index in [1.807, 2.05) is 37.3 Å². The predicted molar refractivity (Wildman–Crippen MR) is 110 cm³/mol. The van der Waals surface area contributed by atoms with Gasteiger partial charge in [-0.3, -0.25) is 0 Å². The lowest BCUT2D eigenvalue weighted by atomic mass is 10.1. The molecule has 0 bridgehead atoms. The van der Waals surface area contributed by atoms with Crippen molar-refractivity contribution in [2.24, 2.45) is 0 Å². The van der Waals surface area contributed by atoms with Gasteiger partial charge in [0.05, 0.1) is 0 Å². The zero-order valence-corrected chi connectivity index (χ0v) is 16.1. The highest BCUT2D eigenvalue weighted by Gasteiger charge is 2.17. The number of rotatable bonds is 6. The van der Waals surface area contributed by atoms with Crippen LogP contribution in [-0.4, -0.2) is 21.4 Å². The zero-order valence-electron chi connectivity index (χ0n) is 15.3. The Morgan fingerprint density at radius 3 is 2.48 bits per heavy atom. The number of hydrogen-bond donors (Lipinski definition) is 1. The molecule has 6 heteroatoms. The van der Waals surface area contributed by atoms with Gasteiger partial charge in [-0.25, -0.2) is 9.97 Å². The average molecular weight is 376 g/mol. The minimum atomic E-state index is 0.590. The lowest BCUT2D eigenvalue weighted by molar-refractivity contribution is 0.459. The summed E-state index contributed by atoms with van der Waals surface area (Å²) in [4.78, 5) is 10.5. The Labute approximate surface area is 162 Å². The van der Waals surface area contributed by atoms with Crippen LogP contribution in [0.4, 0.5) is 5.82 Å². The van der Waals surface area contributed by atoms with E-state index in [2.05, 4.69) is 51.0 Å². The second-order valence-electron chi connectivity index (χ2n) is 6.12. The van der Waals surface area contributed by atoms with Gasteiger partial charge in [0.2, 0.25) is 5.58 Å². The average Bonchev–Trinajstić information content (AvgIpc) is 3.17. The van der Waals surface area contributed by atoms with E-state index in [0.717, 1.165) is 29.0 Å². The largest absolute Gasteiger partial charge is 0.363 e. The van der Waals surface area contributed by atoms with Gasteiger partial charge < -0.3 is 9.84 Å². The van der Waals surface area contributed by atoms with Crippen LogP contribution in [0.3, 0.4) is 0 Å². The summed E-state index contributed by atoms with van der Waals surface area (Å²) in [7, 11) is 0. The molecule has 2 heterocycles. The second-order valence-corrected chi connectivity index (χ2v) is 7.00. The maximum atomic E-state index is 5.62.